The highest BCUT2D eigenvalue weighted by molar-refractivity contribution is 7.88. The number of hydrogen-bond donors (Lipinski definition) is 0. The fourth-order valence-corrected chi connectivity index (χ4v) is 3.59. The van der Waals surface area contributed by atoms with Crippen molar-refractivity contribution in [3.8, 4) is 5.88 Å². The number of anilines is 1. The van der Waals surface area contributed by atoms with Crippen molar-refractivity contribution < 1.29 is 25.8 Å². The molecule has 1 saturated heterocycles. The smallest absolute Gasteiger partial charge is 0.371 e. The van der Waals surface area contributed by atoms with Crippen LogP contribution in [-0.4, -0.2) is 32.0 Å². The first-order valence-corrected chi connectivity index (χ1v) is 9.76. The van der Waals surface area contributed by atoms with Crippen molar-refractivity contribution in [1.82, 2.24) is 4.98 Å². The number of rotatable bonds is 4. The third-order valence-corrected chi connectivity index (χ3v) is 5.68. The van der Waals surface area contributed by atoms with Crippen LogP contribution in [0.4, 0.5) is 18.9 Å². The molecule has 1 aliphatic heterocycles. The van der Waals surface area contributed by atoms with Crippen LogP contribution in [0.5, 0.6) is 5.88 Å². The van der Waals surface area contributed by atoms with Gasteiger partial charge >= 0.3 is 15.6 Å². The fraction of sp³-hybridized carbons (Fsp3) is 0.471. The molecule has 0 radical (unpaired) electrons. The summed E-state index contributed by atoms with van der Waals surface area (Å²) in [6, 6.07) is 6.73. The third-order valence-electron chi connectivity index (χ3n) is 4.74. The van der Waals surface area contributed by atoms with Crippen molar-refractivity contribution in [2.45, 2.75) is 31.7 Å². The number of pyridine rings is 1. The summed E-state index contributed by atoms with van der Waals surface area (Å²) in [6.07, 6.45) is 4.59. The Balaban J connectivity index is 1.88. The number of fused-ring (bicyclic) bond motifs is 1. The zero-order chi connectivity index (χ0) is 18.9. The van der Waals surface area contributed by atoms with E-state index in [9.17, 15) is 21.6 Å². The highest BCUT2D eigenvalue weighted by Crippen LogP contribution is 2.33. The summed E-state index contributed by atoms with van der Waals surface area (Å²) < 4.78 is 64.3. The lowest BCUT2D eigenvalue weighted by Gasteiger charge is -2.33. The number of hydrogen-bond acceptors (Lipinski definition) is 5. The molecule has 9 heteroatoms. The predicted molar refractivity (Wildman–Crippen MR) is 92.6 cm³/mol. The van der Waals surface area contributed by atoms with E-state index in [1.54, 1.807) is 18.2 Å². The maximum atomic E-state index is 12.5. The molecule has 2 aromatic rings. The van der Waals surface area contributed by atoms with Crippen LogP contribution in [0.25, 0.3) is 10.8 Å². The van der Waals surface area contributed by atoms with Crippen LogP contribution in [0, 0.1) is 5.92 Å². The monoisotopic (exact) mass is 388 g/mol. The highest BCUT2D eigenvalue weighted by atomic mass is 32.2. The van der Waals surface area contributed by atoms with E-state index < -0.39 is 21.5 Å². The Morgan fingerprint density at radius 1 is 1.23 bits per heavy atom. The van der Waals surface area contributed by atoms with E-state index in [-0.39, 0.29) is 5.39 Å². The van der Waals surface area contributed by atoms with Crippen LogP contribution < -0.4 is 9.08 Å². The average molecular weight is 388 g/mol. The molecule has 0 bridgehead atoms. The number of alkyl halides is 3. The lowest BCUT2D eigenvalue weighted by molar-refractivity contribution is -0.0500. The summed E-state index contributed by atoms with van der Waals surface area (Å²) in [5, 5.41) is 0.787. The van der Waals surface area contributed by atoms with E-state index in [1.807, 2.05) is 6.07 Å². The molecule has 1 aliphatic rings. The zero-order valence-corrected chi connectivity index (χ0v) is 15.0. The summed E-state index contributed by atoms with van der Waals surface area (Å²) in [5.74, 6) is 0.152. The molecule has 3 rings (SSSR count). The van der Waals surface area contributed by atoms with Crippen molar-refractivity contribution in [1.29, 1.82) is 0 Å². The molecule has 0 saturated carbocycles. The number of halogens is 3. The van der Waals surface area contributed by atoms with Gasteiger partial charge in [0.1, 0.15) is 0 Å². The van der Waals surface area contributed by atoms with E-state index in [2.05, 4.69) is 21.0 Å². The van der Waals surface area contributed by atoms with Gasteiger partial charge in [0.2, 0.25) is 5.88 Å². The number of aromatic nitrogens is 1. The van der Waals surface area contributed by atoms with Crippen LogP contribution in [0.3, 0.4) is 0 Å². The second-order valence-corrected chi connectivity index (χ2v) is 7.88. The van der Waals surface area contributed by atoms with Gasteiger partial charge in [-0.2, -0.15) is 21.6 Å². The lowest BCUT2D eigenvalue weighted by Crippen LogP contribution is -2.33. The minimum Gasteiger partial charge on any atom is -0.371 e. The van der Waals surface area contributed by atoms with Gasteiger partial charge in [0, 0.05) is 30.4 Å². The molecule has 0 atom stereocenters. The molecule has 5 nitrogen and oxygen atoms in total. The second kappa shape index (κ2) is 6.94. The van der Waals surface area contributed by atoms with Crippen LogP contribution >= 0.6 is 0 Å². The molecule has 1 aromatic carbocycles. The zero-order valence-electron chi connectivity index (χ0n) is 14.2. The van der Waals surface area contributed by atoms with Crippen LogP contribution in [-0.2, 0) is 10.1 Å². The largest absolute Gasteiger partial charge is 0.534 e. The maximum Gasteiger partial charge on any atom is 0.534 e. The van der Waals surface area contributed by atoms with Crippen molar-refractivity contribution in [3.05, 3.63) is 30.5 Å². The molecule has 0 N–H and O–H groups in total. The fourth-order valence-electron chi connectivity index (χ4n) is 3.15. The van der Waals surface area contributed by atoms with E-state index >= 15 is 0 Å². The van der Waals surface area contributed by atoms with Crippen LogP contribution in [0.15, 0.2) is 30.5 Å². The summed E-state index contributed by atoms with van der Waals surface area (Å²) in [5.41, 5.74) is -4.55. The number of benzene rings is 1. The molecule has 1 aromatic heterocycles. The standard InChI is InChI=1S/C17H19F3N2O3S/c1-2-12-6-9-22(10-7-12)14-3-4-15-13(11-14)5-8-21-16(15)25-26(23,24)17(18,19)20/h3-5,8,11-12H,2,6-7,9-10H2,1H3. The normalized spacial score (nSPS) is 16.8. The minimum absolute atomic E-state index is 0.215. The first kappa shape index (κ1) is 18.8. The van der Waals surface area contributed by atoms with Gasteiger partial charge in [0.15, 0.2) is 0 Å². The predicted octanol–water partition coefficient (Wildman–Crippen LogP) is 4.09. The highest BCUT2D eigenvalue weighted by Gasteiger charge is 2.49. The molecule has 0 spiro atoms. The Hall–Kier alpha value is -2.03. The Morgan fingerprint density at radius 3 is 2.54 bits per heavy atom. The molecular formula is C17H19F3N2O3S. The van der Waals surface area contributed by atoms with Crippen LogP contribution in [0.1, 0.15) is 26.2 Å². The SMILES string of the molecule is CCC1CCN(c2ccc3c(OS(=O)(=O)C(F)(F)F)nccc3c2)CC1. The molecule has 142 valence electrons. The molecule has 0 unspecified atom stereocenters. The van der Waals surface area contributed by atoms with E-state index in [0.29, 0.717) is 5.39 Å². The first-order valence-electron chi connectivity index (χ1n) is 8.35. The van der Waals surface area contributed by atoms with E-state index in [1.165, 1.54) is 6.20 Å². The van der Waals surface area contributed by atoms with Gasteiger partial charge in [-0.3, -0.25) is 0 Å². The molecule has 26 heavy (non-hydrogen) atoms. The Labute approximate surface area is 149 Å². The summed E-state index contributed by atoms with van der Waals surface area (Å²) in [7, 11) is -5.75. The van der Waals surface area contributed by atoms with Crippen molar-refractivity contribution in [2.24, 2.45) is 5.92 Å². The quantitative estimate of drug-likeness (QED) is 0.583. The number of nitrogens with zero attached hydrogens (tertiary/aromatic N) is 2. The van der Waals surface area contributed by atoms with Gasteiger partial charge in [-0.05, 0) is 48.4 Å². The third kappa shape index (κ3) is 3.72. The van der Waals surface area contributed by atoms with Crippen molar-refractivity contribution in [3.63, 3.8) is 0 Å². The van der Waals surface area contributed by atoms with Gasteiger partial charge in [0.05, 0.1) is 0 Å². The Morgan fingerprint density at radius 2 is 1.92 bits per heavy atom. The molecule has 2 heterocycles. The minimum atomic E-state index is -5.75. The first-order chi connectivity index (χ1) is 12.2. The van der Waals surface area contributed by atoms with Crippen molar-refractivity contribution >= 4 is 26.6 Å². The van der Waals surface area contributed by atoms with E-state index in [0.717, 1.165) is 44.0 Å². The molecular weight excluding hydrogens is 369 g/mol. The Kier molecular flexibility index (Phi) is 5.01. The maximum absolute atomic E-state index is 12.5. The average Bonchev–Trinajstić information content (AvgIpc) is 2.60. The van der Waals surface area contributed by atoms with Gasteiger partial charge < -0.3 is 9.08 Å². The Bertz CT molecular complexity index is 892. The molecule has 0 amide bonds. The summed E-state index contributed by atoms with van der Waals surface area (Å²) in [6.45, 7) is 4.02. The van der Waals surface area contributed by atoms with E-state index in [4.69, 9.17) is 0 Å². The summed E-state index contributed by atoms with van der Waals surface area (Å²) >= 11 is 0. The van der Waals surface area contributed by atoms with Gasteiger partial charge in [0.25, 0.3) is 0 Å². The van der Waals surface area contributed by atoms with Gasteiger partial charge in [-0.15, -0.1) is 0 Å². The topological polar surface area (TPSA) is 59.5 Å². The van der Waals surface area contributed by atoms with Crippen molar-refractivity contribution in [2.75, 3.05) is 18.0 Å². The van der Waals surface area contributed by atoms with Gasteiger partial charge in [-0.1, -0.05) is 13.3 Å². The number of piperidine rings is 1. The van der Waals surface area contributed by atoms with Crippen LogP contribution in [0.2, 0.25) is 0 Å². The summed E-state index contributed by atoms with van der Waals surface area (Å²) in [4.78, 5) is 5.88. The molecule has 1 fully saturated rings. The lowest BCUT2D eigenvalue weighted by atomic mass is 9.94. The van der Waals surface area contributed by atoms with Gasteiger partial charge in [-0.25, -0.2) is 4.98 Å². The second-order valence-electron chi connectivity index (χ2n) is 6.34. The molecule has 0 aliphatic carbocycles.